The van der Waals surface area contributed by atoms with E-state index in [-0.39, 0.29) is 0 Å². The predicted molar refractivity (Wildman–Crippen MR) is 209 cm³/mol. The predicted octanol–water partition coefficient (Wildman–Crippen LogP) is 13.0. The summed E-state index contributed by atoms with van der Waals surface area (Å²) >= 11 is 1.83. The van der Waals surface area contributed by atoms with Crippen LogP contribution in [0.1, 0.15) is 0 Å². The lowest BCUT2D eigenvalue weighted by Gasteiger charge is -2.15. The van der Waals surface area contributed by atoms with Crippen LogP contribution in [0.2, 0.25) is 0 Å². The van der Waals surface area contributed by atoms with Gasteiger partial charge in [-0.3, -0.25) is 0 Å². The van der Waals surface area contributed by atoms with Crippen LogP contribution in [0.5, 0.6) is 0 Å². The van der Waals surface area contributed by atoms with Crippen LogP contribution in [-0.4, -0.2) is 9.97 Å². The van der Waals surface area contributed by atoms with E-state index in [1.165, 1.54) is 63.6 Å². The van der Waals surface area contributed by atoms with Gasteiger partial charge in [-0.25, -0.2) is 9.97 Å². The summed E-state index contributed by atoms with van der Waals surface area (Å²) in [7, 11) is 0. The first-order valence-corrected chi connectivity index (χ1v) is 17.4. The number of rotatable bonds is 4. The Morgan fingerprint density at radius 2 is 0.959 bits per heavy atom. The van der Waals surface area contributed by atoms with E-state index in [0.29, 0.717) is 0 Å². The van der Waals surface area contributed by atoms with E-state index >= 15 is 0 Å². The van der Waals surface area contributed by atoms with Crippen LogP contribution >= 0.6 is 11.3 Å². The zero-order valence-electron chi connectivity index (χ0n) is 26.5. The third kappa shape index (κ3) is 4.70. The molecule has 0 bridgehead atoms. The Morgan fingerprint density at radius 3 is 1.80 bits per heavy atom. The van der Waals surface area contributed by atoms with Crippen LogP contribution in [0.3, 0.4) is 0 Å². The third-order valence-electron chi connectivity index (χ3n) is 9.67. The maximum atomic E-state index is 5.13. The average Bonchev–Trinajstić information content (AvgIpc) is 3.55. The van der Waals surface area contributed by atoms with Crippen molar-refractivity contribution in [3.05, 3.63) is 170 Å². The number of aromatic nitrogens is 2. The van der Waals surface area contributed by atoms with Crippen molar-refractivity contribution in [2.45, 2.75) is 0 Å². The van der Waals surface area contributed by atoms with Crippen LogP contribution < -0.4 is 0 Å². The van der Waals surface area contributed by atoms with E-state index in [9.17, 15) is 0 Å². The van der Waals surface area contributed by atoms with Crippen LogP contribution in [0.4, 0.5) is 0 Å². The minimum absolute atomic E-state index is 0.722. The van der Waals surface area contributed by atoms with Crippen molar-refractivity contribution in [3.8, 4) is 45.0 Å². The van der Waals surface area contributed by atoms with Crippen LogP contribution in [0.25, 0.3) is 97.5 Å². The molecular formula is C46H28N2S. The molecule has 0 aliphatic heterocycles. The average molecular weight is 641 g/mol. The fourth-order valence-electron chi connectivity index (χ4n) is 7.28. The highest BCUT2D eigenvalue weighted by Gasteiger charge is 2.15. The number of hydrogen-bond acceptors (Lipinski definition) is 3. The number of thiophene rings is 1. The fraction of sp³-hybridized carbons (Fsp3) is 0. The molecule has 0 atom stereocenters. The SMILES string of the molecule is c1ccc(-c2nc(-c3ccc(-c4c5ccccc5cc5c4ccc4ccccc45)cc3)cc(-c3ccc4sc5ccccc5c4c3)n2)cc1. The zero-order chi connectivity index (χ0) is 32.3. The highest BCUT2D eigenvalue weighted by Crippen LogP contribution is 2.41. The molecule has 2 heterocycles. The van der Waals surface area contributed by atoms with E-state index in [0.717, 1.165) is 33.9 Å². The highest BCUT2D eigenvalue weighted by atomic mass is 32.1. The molecule has 49 heavy (non-hydrogen) atoms. The smallest absolute Gasteiger partial charge is 0.160 e. The molecule has 0 aliphatic rings. The van der Waals surface area contributed by atoms with Gasteiger partial charge in [0.1, 0.15) is 0 Å². The molecule has 0 fully saturated rings. The van der Waals surface area contributed by atoms with Crippen LogP contribution in [0.15, 0.2) is 170 Å². The standard InChI is InChI=1S/C46H28N2S/c1-2-11-32(12-3-1)46-47-41(28-42(48-46)34-23-25-44-40(27-34)37-16-8-9-17-43(37)49-44)30-18-20-31(21-19-30)45-36-15-7-5-13-33(36)26-39-35-14-6-4-10-29(35)22-24-38(39)45/h1-28H. The summed E-state index contributed by atoms with van der Waals surface area (Å²) < 4.78 is 2.59. The van der Waals surface area contributed by atoms with Gasteiger partial charge < -0.3 is 0 Å². The lowest BCUT2D eigenvalue weighted by molar-refractivity contribution is 1.18. The molecule has 0 radical (unpaired) electrons. The minimum Gasteiger partial charge on any atom is -0.228 e. The molecule has 0 saturated heterocycles. The van der Waals surface area contributed by atoms with Crippen LogP contribution in [-0.2, 0) is 0 Å². The van der Waals surface area contributed by atoms with Gasteiger partial charge in [0.25, 0.3) is 0 Å². The first-order valence-electron chi connectivity index (χ1n) is 16.6. The number of fused-ring (bicyclic) bond motifs is 7. The molecule has 0 N–H and O–H groups in total. The molecule has 8 aromatic carbocycles. The molecule has 3 heteroatoms. The second-order valence-corrected chi connectivity index (χ2v) is 13.7. The van der Waals surface area contributed by atoms with Gasteiger partial charge in [-0.2, -0.15) is 0 Å². The normalized spacial score (nSPS) is 11.7. The molecule has 0 spiro atoms. The van der Waals surface area contributed by atoms with Crippen molar-refractivity contribution in [1.82, 2.24) is 9.97 Å². The zero-order valence-corrected chi connectivity index (χ0v) is 27.3. The van der Waals surface area contributed by atoms with Gasteiger partial charge in [0.05, 0.1) is 11.4 Å². The highest BCUT2D eigenvalue weighted by molar-refractivity contribution is 7.25. The first-order chi connectivity index (χ1) is 24.3. The Balaban J connectivity index is 1.14. The third-order valence-corrected chi connectivity index (χ3v) is 10.8. The largest absolute Gasteiger partial charge is 0.228 e. The van der Waals surface area contributed by atoms with Crippen molar-refractivity contribution in [2.75, 3.05) is 0 Å². The molecule has 0 aliphatic carbocycles. The van der Waals surface area contributed by atoms with Crippen molar-refractivity contribution >= 4 is 63.8 Å². The fourth-order valence-corrected chi connectivity index (χ4v) is 8.37. The van der Waals surface area contributed by atoms with Crippen molar-refractivity contribution in [2.24, 2.45) is 0 Å². The number of hydrogen-bond donors (Lipinski definition) is 0. The summed E-state index contributed by atoms with van der Waals surface area (Å²) in [6.07, 6.45) is 0. The van der Waals surface area contributed by atoms with Gasteiger partial charge in [-0.1, -0.05) is 140 Å². The Hall–Kier alpha value is -6.16. The summed E-state index contributed by atoms with van der Waals surface area (Å²) in [6, 6.07) is 60.9. The van der Waals surface area contributed by atoms with Gasteiger partial charge in [0, 0.05) is 36.9 Å². The van der Waals surface area contributed by atoms with Gasteiger partial charge >= 0.3 is 0 Å². The lowest BCUT2D eigenvalue weighted by Crippen LogP contribution is -1.96. The topological polar surface area (TPSA) is 25.8 Å². The molecule has 0 unspecified atom stereocenters. The summed E-state index contributed by atoms with van der Waals surface area (Å²) in [5.41, 5.74) is 7.41. The second kappa shape index (κ2) is 11.2. The van der Waals surface area contributed by atoms with Gasteiger partial charge in [0.2, 0.25) is 0 Å². The summed E-state index contributed by atoms with van der Waals surface area (Å²) in [5.74, 6) is 0.722. The Morgan fingerprint density at radius 1 is 0.327 bits per heavy atom. The maximum absolute atomic E-state index is 5.13. The second-order valence-electron chi connectivity index (χ2n) is 12.6. The van der Waals surface area contributed by atoms with Gasteiger partial charge in [-0.05, 0) is 73.8 Å². The van der Waals surface area contributed by atoms with Crippen molar-refractivity contribution < 1.29 is 0 Å². The first kappa shape index (κ1) is 27.9. The van der Waals surface area contributed by atoms with E-state index in [2.05, 4.69) is 152 Å². The molecule has 0 amide bonds. The Bertz CT molecular complexity index is 2870. The summed E-state index contributed by atoms with van der Waals surface area (Å²) in [6.45, 7) is 0. The molecule has 10 rings (SSSR count). The number of nitrogens with zero attached hydrogens (tertiary/aromatic N) is 2. The minimum atomic E-state index is 0.722. The summed E-state index contributed by atoms with van der Waals surface area (Å²) in [5, 5.41) is 10.1. The molecule has 0 saturated carbocycles. The molecule has 10 aromatic rings. The molecule has 2 aromatic heterocycles. The Labute approximate surface area is 287 Å². The van der Waals surface area contributed by atoms with Gasteiger partial charge in [0.15, 0.2) is 5.82 Å². The van der Waals surface area contributed by atoms with Crippen molar-refractivity contribution in [3.63, 3.8) is 0 Å². The van der Waals surface area contributed by atoms with E-state index in [1.807, 2.05) is 29.5 Å². The summed E-state index contributed by atoms with van der Waals surface area (Å²) in [4.78, 5) is 10.3. The van der Waals surface area contributed by atoms with Crippen molar-refractivity contribution in [1.29, 1.82) is 0 Å². The van der Waals surface area contributed by atoms with Crippen LogP contribution in [0, 0.1) is 0 Å². The molecular weight excluding hydrogens is 613 g/mol. The lowest BCUT2D eigenvalue weighted by atomic mass is 9.89. The maximum Gasteiger partial charge on any atom is 0.160 e. The monoisotopic (exact) mass is 640 g/mol. The van der Waals surface area contributed by atoms with E-state index < -0.39 is 0 Å². The quantitative estimate of drug-likeness (QED) is 0.141. The van der Waals surface area contributed by atoms with E-state index in [4.69, 9.17) is 9.97 Å². The van der Waals surface area contributed by atoms with Gasteiger partial charge in [-0.15, -0.1) is 11.3 Å². The Kier molecular flexibility index (Phi) is 6.39. The molecule has 228 valence electrons. The number of benzene rings is 8. The van der Waals surface area contributed by atoms with E-state index in [1.54, 1.807) is 0 Å². The molecule has 2 nitrogen and oxygen atoms in total.